The molecular weight excluding hydrogens is 296 g/mol. The average molecular weight is 309 g/mol. The molecule has 0 atom stereocenters. The van der Waals surface area contributed by atoms with Crippen LogP contribution in [0.5, 0.6) is 0 Å². The second kappa shape index (κ2) is 4.81. The maximum atomic E-state index is 12.1. The van der Waals surface area contributed by atoms with Crippen LogP contribution < -0.4 is 11.1 Å². The van der Waals surface area contributed by atoms with E-state index >= 15 is 0 Å². The van der Waals surface area contributed by atoms with Crippen molar-refractivity contribution in [1.29, 1.82) is 0 Å². The highest BCUT2D eigenvalue weighted by atomic mass is 79.9. The number of aryl methyl sites for hydroxylation is 2. The van der Waals surface area contributed by atoms with E-state index in [0.29, 0.717) is 11.3 Å². The molecule has 6 heteroatoms. The monoisotopic (exact) mass is 308 g/mol. The summed E-state index contributed by atoms with van der Waals surface area (Å²) in [6, 6.07) is 5.69. The van der Waals surface area contributed by atoms with Gasteiger partial charge in [-0.05, 0) is 31.5 Å². The minimum atomic E-state index is -0.264. The number of aromatic amines is 1. The number of benzene rings is 1. The Bertz CT molecular complexity index is 587. The Morgan fingerprint density at radius 3 is 2.78 bits per heavy atom. The van der Waals surface area contributed by atoms with E-state index in [2.05, 4.69) is 31.4 Å². The fraction of sp³-hybridized carbons (Fsp3) is 0.167. The van der Waals surface area contributed by atoms with E-state index in [1.165, 1.54) is 0 Å². The minimum Gasteiger partial charge on any atom is -0.382 e. The Morgan fingerprint density at radius 2 is 2.17 bits per heavy atom. The number of aromatic nitrogens is 2. The van der Waals surface area contributed by atoms with E-state index in [1.54, 1.807) is 6.92 Å². The van der Waals surface area contributed by atoms with Crippen molar-refractivity contribution < 1.29 is 4.79 Å². The number of nitrogens with one attached hydrogen (secondary N) is 2. The predicted molar refractivity (Wildman–Crippen MR) is 74.6 cm³/mol. The Labute approximate surface area is 113 Å². The number of anilines is 2. The average Bonchev–Trinajstić information content (AvgIpc) is 2.63. The molecule has 4 N–H and O–H groups in total. The van der Waals surface area contributed by atoms with Gasteiger partial charge in [0.2, 0.25) is 0 Å². The zero-order valence-electron chi connectivity index (χ0n) is 10.0. The zero-order chi connectivity index (χ0) is 13.3. The van der Waals surface area contributed by atoms with Crippen LogP contribution in [0.3, 0.4) is 0 Å². The van der Waals surface area contributed by atoms with Gasteiger partial charge >= 0.3 is 0 Å². The first-order valence-corrected chi connectivity index (χ1v) is 6.16. The van der Waals surface area contributed by atoms with Crippen molar-refractivity contribution in [2.24, 2.45) is 0 Å². The number of rotatable bonds is 2. The number of nitrogen functional groups attached to an aromatic ring is 1. The molecule has 94 valence electrons. The zero-order valence-corrected chi connectivity index (χ0v) is 11.6. The number of nitrogens with two attached hydrogens (primary N) is 1. The molecule has 0 fully saturated rings. The number of halogens is 1. The fourth-order valence-electron chi connectivity index (χ4n) is 1.65. The second-order valence-electron chi connectivity index (χ2n) is 4.02. The van der Waals surface area contributed by atoms with E-state index in [4.69, 9.17) is 5.73 Å². The maximum absolute atomic E-state index is 12.1. The van der Waals surface area contributed by atoms with Crippen molar-refractivity contribution in [2.75, 3.05) is 11.1 Å². The summed E-state index contributed by atoms with van der Waals surface area (Å²) >= 11 is 3.37. The molecule has 0 unspecified atom stereocenters. The van der Waals surface area contributed by atoms with E-state index in [1.807, 2.05) is 25.1 Å². The van der Waals surface area contributed by atoms with Gasteiger partial charge in [0.15, 0.2) is 5.82 Å². The summed E-state index contributed by atoms with van der Waals surface area (Å²) in [6.07, 6.45) is 0. The lowest BCUT2D eigenvalue weighted by atomic mass is 10.1. The summed E-state index contributed by atoms with van der Waals surface area (Å²) < 4.78 is 0.903. The largest absolute Gasteiger partial charge is 0.382 e. The van der Waals surface area contributed by atoms with Gasteiger partial charge < -0.3 is 11.1 Å². The van der Waals surface area contributed by atoms with Gasteiger partial charge in [-0.15, -0.1) is 0 Å². The Balaban J connectivity index is 2.30. The molecule has 1 aromatic carbocycles. The molecule has 5 nitrogen and oxygen atoms in total. The van der Waals surface area contributed by atoms with Gasteiger partial charge in [0.25, 0.3) is 5.91 Å². The fourth-order valence-corrected chi connectivity index (χ4v) is 2.01. The molecule has 2 rings (SSSR count). The molecule has 18 heavy (non-hydrogen) atoms. The molecule has 0 saturated carbocycles. The Kier molecular flexibility index (Phi) is 3.38. The number of carbonyl (C=O) groups is 1. The summed E-state index contributed by atoms with van der Waals surface area (Å²) in [5.74, 6) is -0.0578. The smallest absolute Gasteiger partial charge is 0.261 e. The van der Waals surface area contributed by atoms with E-state index in [0.717, 1.165) is 15.7 Å². The van der Waals surface area contributed by atoms with E-state index in [-0.39, 0.29) is 11.7 Å². The van der Waals surface area contributed by atoms with E-state index < -0.39 is 0 Å². The standard InChI is InChI=1S/C12H13BrN4O/c1-6-3-4-8(13)5-9(6)15-12(18)10-7(2)16-17-11(10)14/h3-5H,1-2H3,(H,15,18)(H3,14,16,17). The third-order valence-corrected chi connectivity index (χ3v) is 3.14. The van der Waals surface area contributed by atoms with Crippen LogP contribution in [0, 0.1) is 13.8 Å². The lowest BCUT2D eigenvalue weighted by Crippen LogP contribution is -2.15. The molecule has 1 aromatic heterocycles. The van der Waals surface area contributed by atoms with Crippen LogP contribution in [-0.4, -0.2) is 16.1 Å². The van der Waals surface area contributed by atoms with E-state index in [9.17, 15) is 4.79 Å². The Hall–Kier alpha value is -1.82. The lowest BCUT2D eigenvalue weighted by molar-refractivity contribution is 0.102. The summed E-state index contributed by atoms with van der Waals surface area (Å²) in [4.78, 5) is 12.1. The van der Waals surface area contributed by atoms with Crippen LogP contribution in [0.25, 0.3) is 0 Å². The Morgan fingerprint density at radius 1 is 1.44 bits per heavy atom. The lowest BCUT2D eigenvalue weighted by Gasteiger charge is -2.08. The number of H-pyrrole nitrogens is 1. The summed E-state index contributed by atoms with van der Waals surface area (Å²) in [5.41, 5.74) is 8.41. The first-order chi connectivity index (χ1) is 8.49. The van der Waals surface area contributed by atoms with Crippen molar-refractivity contribution in [1.82, 2.24) is 10.2 Å². The van der Waals surface area contributed by atoms with Crippen LogP contribution in [0.2, 0.25) is 0 Å². The molecule has 0 spiro atoms. The van der Waals surface area contributed by atoms with Crippen LogP contribution in [0.4, 0.5) is 11.5 Å². The molecule has 0 aliphatic carbocycles. The number of nitrogens with zero attached hydrogens (tertiary/aromatic N) is 1. The molecule has 0 aliphatic heterocycles. The SMILES string of the molecule is Cc1ccc(Br)cc1NC(=O)c1c(N)n[nH]c1C. The van der Waals surface area contributed by atoms with Gasteiger partial charge in [-0.3, -0.25) is 9.89 Å². The maximum Gasteiger partial charge on any atom is 0.261 e. The molecule has 1 heterocycles. The van der Waals surface area contributed by atoms with Gasteiger partial charge in [0.1, 0.15) is 5.56 Å². The highest BCUT2D eigenvalue weighted by Crippen LogP contribution is 2.22. The van der Waals surface area contributed by atoms with Crippen LogP contribution in [0.1, 0.15) is 21.6 Å². The van der Waals surface area contributed by atoms with Gasteiger partial charge in [0.05, 0.1) is 0 Å². The quantitative estimate of drug-likeness (QED) is 0.797. The third-order valence-electron chi connectivity index (χ3n) is 2.65. The van der Waals surface area contributed by atoms with Crippen LogP contribution in [-0.2, 0) is 0 Å². The first kappa shape index (κ1) is 12.6. The van der Waals surface area contributed by atoms with Gasteiger partial charge in [0, 0.05) is 15.9 Å². The first-order valence-electron chi connectivity index (χ1n) is 5.37. The molecule has 0 bridgehead atoms. The highest BCUT2D eigenvalue weighted by molar-refractivity contribution is 9.10. The predicted octanol–water partition coefficient (Wildman–Crippen LogP) is 2.62. The molecule has 0 aliphatic rings. The second-order valence-corrected chi connectivity index (χ2v) is 4.94. The number of amides is 1. The van der Waals surface area contributed by atoms with Crippen molar-refractivity contribution >= 4 is 33.3 Å². The van der Waals surface area contributed by atoms with Crippen molar-refractivity contribution in [3.63, 3.8) is 0 Å². The summed E-state index contributed by atoms with van der Waals surface area (Å²) in [6.45, 7) is 3.68. The molecule has 1 amide bonds. The number of hydrogen-bond acceptors (Lipinski definition) is 3. The topological polar surface area (TPSA) is 83.8 Å². The molecule has 0 saturated heterocycles. The molecule has 2 aromatic rings. The van der Waals surface area contributed by atoms with Crippen molar-refractivity contribution in [3.8, 4) is 0 Å². The van der Waals surface area contributed by atoms with Crippen LogP contribution >= 0.6 is 15.9 Å². The minimum absolute atomic E-state index is 0.206. The van der Waals surface area contributed by atoms with Crippen molar-refractivity contribution in [3.05, 3.63) is 39.5 Å². The summed E-state index contributed by atoms with van der Waals surface area (Å²) in [7, 11) is 0. The highest BCUT2D eigenvalue weighted by Gasteiger charge is 2.16. The van der Waals surface area contributed by atoms with Crippen LogP contribution in [0.15, 0.2) is 22.7 Å². The summed E-state index contributed by atoms with van der Waals surface area (Å²) in [5, 5.41) is 9.31. The van der Waals surface area contributed by atoms with Gasteiger partial charge in [-0.25, -0.2) is 0 Å². The number of hydrogen-bond donors (Lipinski definition) is 3. The van der Waals surface area contributed by atoms with Gasteiger partial charge in [-0.2, -0.15) is 5.10 Å². The van der Waals surface area contributed by atoms with Gasteiger partial charge in [-0.1, -0.05) is 22.0 Å². The molecular formula is C12H13BrN4O. The number of carbonyl (C=O) groups excluding carboxylic acids is 1. The third kappa shape index (κ3) is 2.38. The van der Waals surface area contributed by atoms with Crippen molar-refractivity contribution in [2.45, 2.75) is 13.8 Å². The normalized spacial score (nSPS) is 10.4. The molecule has 0 radical (unpaired) electrons.